The highest BCUT2D eigenvalue weighted by molar-refractivity contribution is 5.74. The molecule has 4 aliphatic rings. The van der Waals surface area contributed by atoms with E-state index in [0.717, 1.165) is 32.2 Å². The Morgan fingerprint density at radius 2 is 1.67 bits per heavy atom. The molecule has 0 aromatic heterocycles. The lowest BCUT2D eigenvalue weighted by Crippen LogP contribution is -2.47. The van der Waals surface area contributed by atoms with Gasteiger partial charge in [0.05, 0.1) is 11.8 Å². The Morgan fingerprint density at radius 1 is 0.963 bits per heavy atom. The second kappa shape index (κ2) is 7.73. The maximum absolute atomic E-state index is 12.0. The number of hydrogen-bond donors (Lipinski definition) is 0. The van der Waals surface area contributed by atoms with Crippen molar-refractivity contribution in [2.45, 2.75) is 96.4 Å². The molecule has 4 rings (SSSR count). The predicted octanol–water partition coefficient (Wildman–Crippen LogP) is 3.55. The molecular formula is C22H35NO4. The molecule has 0 aromatic rings. The molecule has 0 radical (unpaired) electrons. The lowest BCUT2D eigenvalue weighted by Gasteiger charge is -2.39. The Bertz CT molecular complexity index is 579. The van der Waals surface area contributed by atoms with Crippen LogP contribution >= 0.6 is 0 Å². The van der Waals surface area contributed by atoms with Crippen molar-refractivity contribution in [1.82, 2.24) is 4.90 Å². The SMILES string of the molecule is CCC(C1CC(C)C(=O)O1)C1CCCCN2C(C3CC(C)C(=O)O3)CCC12. The quantitative estimate of drug-likeness (QED) is 0.701. The van der Waals surface area contributed by atoms with Gasteiger partial charge in [-0.25, -0.2) is 0 Å². The number of carbonyl (C=O) groups is 2. The summed E-state index contributed by atoms with van der Waals surface area (Å²) in [7, 11) is 0. The number of ether oxygens (including phenoxy) is 2. The molecule has 0 bridgehead atoms. The van der Waals surface area contributed by atoms with E-state index in [1.807, 2.05) is 13.8 Å². The van der Waals surface area contributed by atoms with Crippen LogP contribution in [0.25, 0.3) is 0 Å². The summed E-state index contributed by atoms with van der Waals surface area (Å²) in [6.45, 7) is 7.35. The molecule has 5 heteroatoms. The molecule has 4 fully saturated rings. The molecule has 0 N–H and O–H groups in total. The zero-order valence-electron chi connectivity index (χ0n) is 17.1. The number of rotatable bonds is 4. The van der Waals surface area contributed by atoms with Crippen LogP contribution in [0.2, 0.25) is 0 Å². The number of carbonyl (C=O) groups excluding carboxylic acids is 2. The van der Waals surface area contributed by atoms with E-state index < -0.39 is 0 Å². The summed E-state index contributed by atoms with van der Waals surface area (Å²) in [6.07, 6.45) is 8.98. The first-order chi connectivity index (χ1) is 13.0. The van der Waals surface area contributed by atoms with Gasteiger partial charge in [-0.2, -0.15) is 0 Å². The third-order valence-corrected chi connectivity index (χ3v) is 7.75. The molecule has 8 atom stereocenters. The Kier molecular flexibility index (Phi) is 5.50. The van der Waals surface area contributed by atoms with E-state index in [9.17, 15) is 9.59 Å². The second-order valence-corrected chi connectivity index (χ2v) is 9.41. The topological polar surface area (TPSA) is 55.8 Å². The molecule has 0 aliphatic carbocycles. The van der Waals surface area contributed by atoms with E-state index in [2.05, 4.69) is 11.8 Å². The van der Waals surface area contributed by atoms with Gasteiger partial charge < -0.3 is 9.47 Å². The van der Waals surface area contributed by atoms with Crippen molar-refractivity contribution in [1.29, 1.82) is 0 Å². The average Bonchev–Trinajstić information content (AvgIpc) is 3.25. The lowest BCUT2D eigenvalue weighted by molar-refractivity contribution is -0.146. The van der Waals surface area contributed by atoms with E-state index in [-0.39, 0.29) is 36.0 Å². The number of cyclic esters (lactones) is 2. The number of hydrogen-bond acceptors (Lipinski definition) is 5. The molecule has 5 nitrogen and oxygen atoms in total. The average molecular weight is 378 g/mol. The smallest absolute Gasteiger partial charge is 0.309 e. The van der Waals surface area contributed by atoms with Crippen LogP contribution in [0.15, 0.2) is 0 Å². The Hall–Kier alpha value is -1.10. The van der Waals surface area contributed by atoms with Crippen molar-refractivity contribution in [3.8, 4) is 0 Å². The lowest BCUT2D eigenvalue weighted by atomic mass is 9.76. The number of fused-ring (bicyclic) bond motifs is 1. The monoisotopic (exact) mass is 377 g/mol. The minimum absolute atomic E-state index is 0.0138. The fraction of sp³-hybridized carbons (Fsp3) is 0.909. The van der Waals surface area contributed by atoms with Crippen molar-refractivity contribution >= 4 is 11.9 Å². The molecule has 0 aromatic carbocycles. The minimum Gasteiger partial charge on any atom is -0.462 e. The van der Waals surface area contributed by atoms with E-state index >= 15 is 0 Å². The first-order valence-electron chi connectivity index (χ1n) is 11.2. The molecule has 0 amide bonds. The van der Waals surface area contributed by atoms with Crippen LogP contribution in [0, 0.1) is 23.7 Å². The van der Waals surface area contributed by atoms with Crippen LogP contribution in [0.1, 0.15) is 72.1 Å². The molecule has 4 heterocycles. The normalized spacial score (nSPS) is 43.9. The van der Waals surface area contributed by atoms with Gasteiger partial charge >= 0.3 is 11.9 Å². The Labute approximate surface area is 163 Å². The summed E-state index contributed by atoms with van der Waals surface area (Å²) < 4.78 is 11.5. The number of nitrogens with zero attached hydrogens (tertiary/aromatic N) is 1. The first-order valence-corrected chi connectivity index (χ1v) is 11.2. The summed E-state index contributed by atoms with van der Waals surface area (Å²) >= 11 is 0. The predicted molar refractivity (Wildman–Crippen MR) is 102 cm³/mol. The molecule has 4 aliphatic heterocycles. The van der Waals surface area contributed by atoms with E-state index in [4.69, 9.17) is 9.47 Å². The first kappa shape index (κ1) is 19.2. The molecule has 0 saturated carbocycles. The van der Waals surface area contributed by atoms with Crippen LogP contribution in [0.3, 0.4) is 0 Å². The molecule has 0 spiro atoms. The summed E-state index contributed by atoms with van der Waals surface area (Å²) in [4.78, 5) is 26.6. The summed E-state index contributed by atoms with van der Waals surface area (Å²) in [5.74, 6) is 1.09. The van der Waals surface area contributed by atoms with Gasteiger partial charge in [-0.15, -0.1) is 0 Å². The van der Waals surface area contributed by atoms with Gasteiger partial charge in [0.15, 0.2) is 0 Å². The summed E-state index contributed by atoms with van der Waals surface area (Å²) in [6, 6.07) is 0.929. The van der Waals surface area contributed by atoms with Crippen molar-refractivity contribution in [3.05, 3.63) is 0 Å². The Balaban J connectivity index is 1.51. The van der Waals surface area contributed by atoms with Gasteiger partial charge in [0, 0.05) is 18.0 Å². The maximum atomic E-state index is 12.0. The highest BCUT2D eigenvalue weighted by atomic mass is 16.6. The van der Waals surface area contributed by atoms with E-state index in [0.29, 0.717) is 23.9 Å². The molecule has 27 heavy (non-hydrogen) atoms. The van der Waals surface area contributed by atoms with E-state index in [1.165, 1.54) is 25.7 Å². The fourth-order valence-corrected chi connectivity index (χ4v) is 6.33. The highest BCUT2D eigenvalue weighted by Crippen LogP contribution is 2.45. The largest absolute Gasteiger partial charge is 0.462 e. The van der Waals surface area contributed by atoms with Gasteiger partial charge in [0.25, 0.3) is 0 Å². The third kappa shape index (κ3) is 3.52. The molecular weight excluding hydrogens is 342 g/mol. The zero-order valence-corrected chi connectivity index (χ0v) is 17.1. The van der Waals surface area contributed by atoms with Crippen molar-refractivity contribution in [3.63, 3.8) is 0 Å². The van der Waals surface area contributed by atoms with Gasteiger partial charge in [0.2, 0.25) is 0 Å². The van der Waals surface area contributed by atoms with Crippen molar-refractivity contribution in [2.24, 2.45) is 23.7 Å². The maximum Gasteiger partial charge on any atom is 0.309 e. The second-order valence-electron chi connectivity index (χ2n) is 9.41. The summed E-state index contributed by atoms with van der Waals surface area (Å²) in [5.41, 5.74) is 0. The van der Waals surface area contributed by atoms with Crippen molar-refractivity contribution in [2.75, 3.05) is 6.54 Å². The van der Waals surface area contributed by atoms with Gasteiger partial charge in [-0.3, -0.25) is 14.5 Å². The van der Waals surface area contributed by atoms with Crippen LogP contribution in [-0.2, 0) is 19.1 Å². The van der Waals surface area contributed by atoms with E-state index in [1.54, 1.807) is 0 Å². The highest BCUT2D eigenvalue weighted by Gasteiger charge is 2.49. The molecule has 8 unspecified atom stereocenters. The zero-order chi connectivity index (χ0) is 19.1. The third-order valence-electron chi connectivity index (χ3n) is 7.75. The minimum atomic E-state index is -0.0203. The summed E-state index contributed by atoms with van der Waals surface area (Å²) in [5, 5.41) is 0. The van der Waals surface area contributed by atoms with Crippen LogP contribution in [0.5, 0.6) is 0 Å². The van der Waals surface area contributed by atoms with Crippen LogP contribution in [0.4, 0.5) is 0 Å². The fourth-order valence-electron chi connectivity index (χ4n) is 6.33. The van der Waals surface area contributed by atoms with Crippen LogP contribution in [-0.4, -0.2) is 47.7 Å². The molecule has 152 valence electrons. The number of esters is 2. The van der Waals surface area contributed by atoms with Gasteiger partial charge in [0.1, 0.15) is 12.2 Å². The van der Waals surface area contributed by atoms with Gasteiger partial charge in [-0.1, -0.05) is 27.2 Å². The molecule has 4 saturated heterocycles. The standard InChI is InChI=1S/C22H35NO4/c1-4-15(19-11-13(2)21(24)26-19)16-7-5-6-10-23-17(16)8-9-18(23)20-12-14(3)22(25)27-20/h13-20H,4-12H2,1-3H3. The van der Waals surface area contributed by atoms with Crippen LogP contribution < -0.4 is 0 Å². The van der Waals surface area contributed by atoms with Crippen molar-refractivity contribution < 1.29 is 19.1 Å². The Morgan fingerprint density at radius 3 is 2.30 bits per heavy atom. The van der Waals surface area contributed by atoms with Gasteiger partial charge in [-0.05, 0) is 57.4 Å².